The maximum Gasteiger partial charge on any atom is 0.238 e. The molecule has 0 spiro atoms. The van der Waals surface area contributed by atoms with Gasteiger partial charge in [-0.3, -0.25) is 24.1 Å². The first-order valence-electron chi connectivity index (χ1n) is 12.9. The largest absolute Gasteiger partial charge is 0.491 e. The highest BCUT2D eigenvalue weighted by Crippen LogP contribution is 2.56. The number of allylic oxidation sites excluding steroid dienone is 6. The Bertz CT molecular complexity index is 1470. The molecule has 2 aromatic rings. The van der Waals surface area contributed by atoms with Crippen LogP contribution in [0, 0.1) is 17.8 Å². The van der Waals surface area contributed by atoms with Crippen LogP contribution >= 0.6 is 0 Å². The topological polar surface area (TPSA) is 101 Å². The summed E-state index contributed by atoms with van der Waals surface area (Å²) in [7, 11) is 0. The van der Waals surface area contributed by atoms with E-state index in [0.29, 0.717) is 40.1 Å². The summed E-state index contributed by atoms with van der Waals surface area (Å²) in [4.78, 5) is 55.5. The van der Waals surface area contributed by atoms with E-state index in [4.69, 9.17) is 4.74 Å². The molecule has 38 heavy (non-hydrogen) atoms. The van der Waals surface area contributed by atoms with E-state index < -0.39 is 23.7 Å². The molecule has 7 heteroatoms. The molecule has 1 heterocycles. The van der Waals surface area contributed by atoms with Gasteiger partial charge in [0.05, 0.1) is 24.1 Å². The number of ketones is 2. The summed E-state index contributed by atoms with van der Waals surface area (Å²) in [6.45, 7) is 1.55. The van der Waals surface area contributed by atoms with Gasteiger partial charge < -0.3 is 9.84 Å². The molecule has 0 radical (unpaired) electrons. The van der Waals surface area contributed by atoms with Crippen molar-refractivity contribution in [3.63, 3.8) is 0 Å². The molecule has 2 aromatic carbocycles. The van der Waals surface area contributed by atoms with Crippen molar-refractivity contribution >= 4 is 29.1 Å². The third-order valence-corrected chi connectivity index (χ3v) is 8.16. The maximum atomic E-state index is 13.9. The minimum absolute atomic E-state index is 0.0770. The van der Waals surface area contributed by atoms with Crippen molar-refractivity contribution < 1.29 is 29.0 Å². The summed E-state index contributed by atoms with van der Waals surface area (Å²) in [5, 5.41) is 9.36. The van der Waals surface area contributed by atoms with E-state index in [9.17, 15) is 24.3 Å². The van der Waals surface area contributed by atoms with Crippen LogP contribution in [0.15, 0.2) is 89.0 Å². The Hall–Kier alpha value is -4.10. The molecule has 6 rings (SSSR count). The Balaban J connectivity index is 1.50. The first kappa shape index (κ1) is 24.2. The zero-order valence-corrected chi connectivity index (χ0v) is 20.9. The number of amides is 2. The second-order valence-corrected chi connectivity index (χ2v) is 10.2. The van der Waals surface area contributed by atoms with Gasteiger partial charge in [0.1, 0.15) is 12.4 Å². The van der Waals surface area contributed by atoms with Crippen LogP contribution in [0.25, 0.3) is 0 Å². The number of nitrogens with zero attached hydrogens (tertiary/aromatic N) is 1. The smallest absolute Gasteiger partial charge is 0.238 e. The van der Waals surface area contributed by atoms with Gasteiger partial charge >= 0.3 is 0 Å². The first-order valence-corrected chi connectivity index (χ1v) is 12.9. The predicted octanol–water partition coefficient (Wildman–Crippen LogP) is 3.69. The Kier molecular flexibility index (Phi) is 5.95. The summed E-state index contributed by atoms with van der Waals surface area (Å²) in [6.07, 6.45) is 3.97. The number of hydrogen-bond donors (Lipinski definition) is 1. The van der Waals surface area contributed by atoms with Crippen molar-refractivity contribution in [1.82, 2.24) is 0 Å². The maximum absolute atomic E-state index is 13.9. The lowest BCUT2D eigenvalue weighted by Crippen LogP contribution is -2.40. The van der Waals surface area contributed by atoms with Crippen molar-refractivity contribution in [3.8, 4) is 5.75 Å². The van der Waals surface area contributed by atoms with Gasteiger partial charge in [-0.05, 0) is 50.0 Å². The third kappa shape index (κ3) is 3.61. The van der Waals surface area contributed by atoms with E-state index >= 15 is 0 Å². The fourth-order valence-corrected chi connectivity index (χ4v) is 6.55. The van der Waals surface area contributed by atoms with Crippen molar-refractivity contribution in [3.05, 3.63) is 94.6 Å². The molecular formula is C31H27NO6. The molecule has 3 aliphatic carbocycles. The SMILES string of the molecule is CC1=CC(=O)C2=C(C1=O)C(c1ccccc1OCCO)C1=CCC3C(=O)N(c4ccccc4)C(=O)C3C1C2. The number of hydrogen-bond acceptors (Lipinski definition) is 6. The average molecular weight is 510 g/mol. The molecule has 1 N–H and O–H groups in total. The molecular weight excluding hydrogens is 482 g/mol. The van der Waals surface area contributed by atoms with Gasteiger partial charge in [0, 0.05) is 28.2 Å². The van der Waals surface area contributed by atoms with Gasteiger partial charge in [-0.2, -0.15) is 0 Å². The second kappa shape index (κ2) is 9.33. The summed E-state index contributed by atoms with van der Waals surface area (Å²) >= 11 is 0. The van der Waals surface area contributed by atoms with E-state index in [1.807, 2.05) is 30.3 Å². The van der Waals surface area contributed by atoms with Crippen LogP contribution in [0.4, 0.5) is 5.69 Å². The predicted molar refractivity (Wildman–Crippen MR) is 139 cm³/mol. The standard InChI is InChI=1S/C31H27NO6/c1-17-15-24(34)23-16-22-19(26(28(23)29(17)35)20-9-5-6-10-25(20)38-14-13-33)11-12-21-27(22)31(37)32(30(21)36)18-7-3-2-4-8-18/h2-11,15,21-22,26-27,33H,12-14,16H2,1H3. The Morgan fingerprint density at radius 2 is 1.68 bits per heavy atom. The van der Waals surface area contributed by atoms with Crippen LogP contribution in [-0.4, -0.2) is 41.7 Å². The van der Waals surface area contributed by atoms with Gasteiger partial charge in [-0.15, -0.1) is 0 Å². The number of para-hydroxylation sites is 2. The lowest BCUT2D eigenvalue weighted by atomic mass is 9.59. The molecule has 4 unspecified atom stereocenters. The van der Waals surface area contributed by atoms with Crippen LogP contribution in [0.2, 0.25) is 0 Å². The second-order valence-electron chi connectivity index (χ2n) is 10.2. The molecule has 7 nitrogen and oxygen atoms in total. The van der Waals surface area contributed by atoms with Crippen LogP contribution < -0.4 is 9.64 Å². The Morgan fingerprint density at radius 1 is 0.947 bits per heavy atom. The summed E-state index contributed by atoms with van der Waals surface area (Å²) in [5.41, 5.74) is 3.32. The molecule has 2 amide bonds. The van der Waals surface area contributed by atoms with E-state index in [0.717, 1.165) is 5.57 Å². The molecule has 1 fully saturated rings. The molecule has 4 atom stereocenters. The lowest BCUT2D eigenvalue weighted by Gasteiger charge is -2.42. The van der Waals surface area contributed by atoms with Crippen LogP contribution in [0.5, 0.6) is 5.75 Å². The highest BCUT2D eigenvalue weighted by Gasteiger charge is 2.56. The van der Waals surface area contributed by atoms with E-state index in [2.05, 4.69) is 0 Å². The number of carbonyl (C=O) groups is 4. The first-order chi connectivity index (χ1) is 18.4. The van der Waals surface area contributed by atoms with Crippen LogP contribution in [0.1, 0.15) is 31.2 Å². The number of carbonyl (C=O) groups excluding carboxylic acids is 4. The van der Waals surface area contributed by atoms with E-state index in [1.54, 1.807) is 37.3 Å². The molecule has 0 saturated carbocycles. The summed E-state index contributed by atoms with van der Waals surface area (Å²) in [6, 6.07) is 16.2. The molecule has 1 aliphatic heterocycles. The number of aliphatic hydroxyl groups excluding tert-OH is 1. The number of benzene rings is 2. The highest BCUT2D eigenvalue weighted by molar-refractivity contribution is 6.25. The average Bonchev–Trinajstić information content (AvgIpc) is 3.19. The van der Waals surface area contributed by atoms with Gasteiger partial charge in [0.25, 0.3) is 0 Å². The Morgan fingerprint density at radius 3 is 2.45 bits per heavy atom. The fourth-order valence-electron chi connectivity index (χ4n) is 6.55. The number of aliphatic hydroxyl groups is 1. The van der Waals surface area contributed by atoms with E-state index in [1.165, 1.54) is 11.0 Å². The Labute approximate surface area is 220 Å². The quantitative estimate of drug-likeness (QED) is 0.375. The number of Topliss-reactive ketones (excluding diaryl/α,β-unsaturated/α-hetero) is 1. The van der Waals surface area contributed by atoms with Crippen LogP contribution in [0.3, 0.4) is 0 Å². The summed E-state index contributed by atoms with van der Waals surface area (Å²) < 4.78 is 5.85. The molecule has 0 aromatic heterocycles. The molecule has 4 aliphatic rings. The van der Waals surface area contributed by atoms with Crippen molar-refractivity contribution in [2.75, 3.05) is 18.1 Å². The van der Waals surface area contributed by atoms with Gasteiger partial charge in [0.2, 0.25) is 11.8 Å². The number of anilines is 1. The molecule has 1 saturated heterocycles. The fraction of sp³-hybridized carbons (Fsp3) is 0.290. The zero-order valence-electron chi connectivity index (χ0n) is 20.9. The van der Waals surface area contributed by atoms with E-state index in [-0.39, 0.29) is 43.0 Å². The molecule has 0 bridgehead atoms. The van der Waals surface area contributed by atoms with Gasteiger partial charge in [-0.1, -0.05) is 48.0 Å². The number of rotatable bonds is 5. The normalized spacial score (nSPS) is 26.5. The van der Waals surface area contributed by atoms with Crippen molar-refractivity contribution in [1.29, 1.82) is 0 Å². The zero-order chi connectivity index (χ0) is 26.6. The number of fused-ring (bicyclic) bond motifs is 3. The monoisotopic (exact) mass is 509 g/mol. The minimum Gasteiger partial charge on any atom is -0.491 e. The van der Waals surface area contributed by atoms with Crippen molar-refractivity contribution in [2.24, 2.45) is 17.8 Å². The van der Waals surface area contributed by atoms with Gasteiger partial charge in [-0.25, -0.2) is 0 Å². The third-order valence-electron chi connectivity index (χ3n) is 8.16. The van der Waals surface area contributed by atoms with Crippen molar-refractivity contribution in [2.45, 2.75) is 25.7 Å². The minimum atomic E-state index is -0.625. The number of ether oxygens (including phenoxy) is 1. The highest BCUT2D eigenvalue weighted by atomic mass is 16.5. The number of imide groups is 1. The van der Waals surface area contributed by atoms with Crippen LogP contribution in [-0.2, 0) is 19.2 Å². The summed E-state index contributed by atoms with van der Waals surface area (Å²) in [5.74, 6) is -2.55. The lowest BCUT2D eigenvalue weighted by molar-refractivity contribution is -0.123. The van der Waals surface area contributed by atoms with Gasteiger partial charge in [0.15, 0.2) is 11.6 Å². The molecule has 192 valence electrons.